The topological polar surface area (TPSA) is 133 Å². The number of carboxylic acids is 1. The molecule has 2 unspecified atom stereocenters. The second-order valence-corrected chi connectivity index (χ2v) is 8.89. The lowest BCUT2D eigenvalue weighted by Crippen LogP contribution is -2.52. The van der Waals surface area contributed by atoms with Crippen LogP contribution in [-0.4, -0.2) is 61.3 Å². The Morgan fingerprint density at radius 3 is 2.33 bits per heavy atom. The Morgan fingerprint density at radius 1 is 1.33 bits per heavy atom. The first kappa shape index (κ1) is 19.3. The molecule has 3 aliphatic rings. The Balaban J connectivity index is 0.000000198. The molecular weight excluding hydrogens is 336 g/mol. The first-order valence-electron chi connectivity index (χ1n) is 8.15. The molecule has 1 aliphatic heterocycles. The van der Waals surface area contributed by atoms with E-state index >= 15 is 0 Å². The fourth-order valence-corrected chi connectivity index (χ4v) is 5.55. The summed E-state index contributed by atoms with van der Waals surface area (Å²) in [5.41, 5.74) is -1.12. The van der Waals surface area contributed by atoms with Gasteiger partial charge in [-0.1, -0.05) is 13.8 Å². The number of carbonyl (C=O) groups excluding carboxylic acids is 1. The number of Topliss-reactive ketones (excluding diaryl/α,β-unsaturated/α-hetero) is 1. The number of hydrogen-bond donors (Lipinski definition) is 4. The third kappa shape index (κ3) is 3.63. The second kappa shape index (κ2) is 6.70. The number of fused-ring (bicyclic) bond motifs is 2. The van der Waals surface area contributed by atoms with Crippen molar-refractivity contribution in [2.45, 2.75) is 39.2 Å². The van der Waals surface area contributed by atoms with Crippen molar-refractivity contribution < 1.29 is 27.7 Å². The standard InChI is InChI=1S/C10H16O4S.C5H10N2O2/c1-9(2)7-3-4-10(9,8(11)5-7)6-15(12,13)14;8-5(9)4-3-6-1-2-7-4/h7H,3-6H2,1-2H3,(H,12,13,14);4,6-7H,1-3H2,(H,8,9)/t7?,10-;/m0./s1. The zero-order valence-corrected chi connectivity index (χ0v) is 14.9. The summed E-state index contributed by atoms with van der Waals surface area (Å²) >= 11 is 0. The van der Waals surface area contributed by atoms with Gasteiger partial charge >= 0.3 is 5.97 Å². The van der Waals surface area contributed by atoms with Gasteiger partial charge in [0.15, 0.2) is 0 Å². The van der Waals surface area contributed by atoms with Crippen LogP contribution in [0.1, 0.15) is 33.1 Å². The van der Waals surface area contributed by atoms with Crippen molar-refractivity contribution in [2.24, 2.45) is 16.7 Å². The van der Waals surface area contributed by atoms with E-state index in [1.54, 1.807) is 0 Å². The molecule has 0 aromatic heterocycles. The Kier molecular flexibility index (Phi) is 5.39. The zero-order chi connectivity index (χ0) is 18.2. The maximum Gasteiger partial charge on any atom is 0.322 e. The number of rotatable bonds is 3. The number of aliphatic carboxylic acids is 1. The maximum absolute atomic E-state index is 11.9. The van der Waals surface area contributed by atoms with Crippen LogP contribution in [0.2, 0.25) is 0 Å². The Bertz CT molecular complexity index is 611. The summed E-state index contributed by atoms with van der Waals surface area (Å²) < 4.78 is 31.0. The van der Waals surface area contributed by atoms with Gasteiger partial charge in [-0.25, -0.2) is 0 Å². The van der Waals surface area contributed by atoms with E-state index in [0.29, 0.717) is 19.4 Å². The Labute approximate surface area is 142 Å². The highest BCUT2D eigenvalue weighted by molar-refractivity contribution is 7.85. The monoisotopic (exact) mass is 362 g/mol. The van der Waals surface area contributed by atoms with E-state index < -0.39 is 33.3 Å². The van der Waals surface area contributed by atoms with Crippen molar-refractivity contribution in [3.8, 4) is 0 Å². The lowest BCUT2D eigenvalue weighted by molar-refractivity contribution is -0.139. The number of piperazine rings is 1. The summed E-state index contributed by atoms with van der Waals surface area (Å²) in [4.78, 5) is 22.1. The van der Waals surface area contributed by atoms with Gasteiger partial charge in [-0.3, -0.25) is 14.1 Å². The van der Waals surface area contributed by atoms with Crippen molar-refractivity contribution >= 4 is 21.9 Å². The van der Waals surface area contributed by atoms with Gasteiger partial charge in [0.2, 0.25) is 0 Å². The molecule has 2 aliphatic carbocycles. The fraction of sp³-hybridized carbons (Fsp3) is 0.867. The van der Waals surface area contributed by atoms with Crippen LogP contribution in [0.25, 0.3) is 0 Å². The van der Waals surface area contributed by atoms with E-state index in [9.17, 15) is 18.0 Å². The summed E-state index contributed by atoms with van der Waals surface area (Å²) in [7, 11) is -4.08. The van der Waals surface area contributed by atoms with E-state index in [1.807, 2.05) is 13.8 Å². The molecular formula is C15H26N2O6S. The van der Waals surface area contributed by atoms with E-state index in [-0.39, 0.29) is 17.1 Å². The smallest absolute Gasteiger partial charge is 0.322 e. The van der Waals surface area contributed by atoms with Gasteiger partial charge in [-0.05, 0) is 24.2 Å². The number of hydrogen-bond acceptors (Lipinski definition) is 6. The van der Waals surface area contributed by atoms with Gasteiger partial charge in [0.05, 0.1) is 11.2 Å². The highest BCUT2D eigenvalue weighted by atomic mass is 32.2. The van der Waals surface area contributed by atoms with E-state index in [4.69, 9.17) is 9.66 Å². The molecule has 24 heavy (non-hydrogen) atoms. The lowest BCUT2D eigenvalue weighted by atomic mass is 9.70. The Morgan fingerprint density at radius 2 is 2.00 bits per heavy atom. The van der Waals surface area contributed by atoms with Crippen LogP contribution >= 0.6 is 0 Å². The van der Waals surface area contributed by atoms with Gasteiger partial charge in [-0.2, -0.15) is 8.42 Å². The first-order valence-corrected chi connectivity index (χ1v) is 9.76. The third-order valence-electron chi connectivity index (χ3n) is 5.91. The predicted molar refractivity (Wildman–Crippen MR) is 87.3 cm³/mol. The quantitative estimate of drug-likeness (QED) is 0.512. The number of ketones is 1. The third-order valence-corrected chi connectivity index (χ3v) is 6.76. The number of carbonyl (C=O) groups is 2. The summed E-state index contributed by atoms with van der Waals surface area (Å²) in [5.74, 6) is -0.877. The molecule has 138 valence electrons. The minimum Gasteiger partial charge on any atom is -0.480 e. The van der Waals surface area contributed by atoms with Gasteiger partial charge in [0.1, 0.15) is 11.8 Å². The maximum atomic E-state index is 11.9. The fourth-order valence-electron chi connectivity index (χ4n) is 4.25. The minimum atomic E-state index is -4.08. The molecule has 4 N–H and O–H groups in total. The minimum absolute atomic E-state index is 0.0152. The average molecular weight is 362 g/mol. The SMILES string of the molecule is CC1(C)C2CC[C@]1(CS(=O)(=O)O)C(=O)C2.O=C(O)C1CNCCN1. The van der Waals surface area contributed by atoms with Crippen molar-refractivity contribution in [1.29, 1.82) is 0 Å². The van der Waals surface area contributed by atoms with E-state index in [2.05, 4.69) is 10.6 Å². The highest BCUT2D eigenvalue weighted by Crippen LogP contribution is 2.64. The molecule has 0 amide bonds. The molecule has 2 bridgehead atoms. The van der Waals surface area contributed by atoms with Crippen molar-refractivity contribution in [2.75, 3.05) is 25.4 Å². The van der Waals surface area contributed by atoms with Gasteiger partial charge in [0, 0.05) is 26.1 Å². The van der Waals surface area contributed by atoms with Crippen LogP contribution in [0.3, 0.4) is 0 Å². The van der Waals surface area contributed by atoms with Crippen LogP contribution < -0.4 is 10.6 Å². The van der Waals surface area contributed by atoms with Crippen LogP contribution in [0.15, 0.2) is 0 Å². The molecule has 2 saturated carbocycles. The molecule has 0 aromatic rings. The van der Waals surface area contributed by atoms with E-state index in [0.717, 1.165) is 19.5 Å². The van der Waals surface area contributed by atoms with E-state index in [1.165, 1.54) is 0 Å². The molecule has 8 nitrogen and oxygen atoms in total. The van der Waals surface area contributed by atoms with Crippen LogP contribution in [-0.2, 0) is 19.7 Å². The average Bonchev–Trinajstić information content (AvgIpc) is 2.81. The van der Waals surface area contributed by atoms with Crippen molar-refractivity contribution in [3.05, 3.63) is 0 Å². The van der Waals surface area contributed by atoms with Crippen molar-refractivity contribution in [3.63, 3.8) is 0 Å². The van der Waals surface area contributed by atoms with Crippen LogP contribution in [0, 0.1) is 16.7 Å². The van der Waals surface area contributed by atoms with Gasteiger partial charge < -0.3 is 15.7 Å². The Hall–Kier alpha value is -1.03. The van der Waals surface area contributed by atoms with Gasteiger partial charge in [-0.15, -0.1) is 0 Å². The summed E-state index contributed by atoms with van der Waals surface area (Å²) in [6.07, 6.45) is 1.97. The molecule has 0 radical (unpaired) electrons. The van der Waals surface area contributed by atoms with Crippen molar-refractivity contribution in [1.82, 2.24) is 10.6 Å². The lowest BCUT2D eigenvalue weighted by Gasteiger charge is -2.35. The molecule has 3 atom stereocenters. The zero-order valence-electron chi connectivity index (χ0n) is 14.0. The molecule has 9 heteroatoms. The predicted octanol–water partition coefficient (Wildman–Crippen LogP) is -0.0980. The largest absolute Gasteiger partial charge is 0.480 e. The molecule has 3 fully saturated rings. The molecule has 0 spiro atoms. The summed E-state index contributed by atoms with van der Waals surface area (Å²) in [5, 5.41) is 14.3. The second-order valence-electron chi connectivity index (χ2n) is 7.44. The molecule has 3 rings (SSSR count). The number of carboxylic acid groups (broad SMARTS) is 1. The normalized spacial score (nSPS) is 34.5. The number of nitrogens with one attached hydrogen (secondary N) is 2. The highest BCUT2D eigenvalue weighted by Gasteiger charge is 2.65. The van der Waals surface area contributed by atoms with Crippen LogP contribution in [0.4, 0.5) is 0 Å². The molecule has 1 saturated heterocycles. The molecule has 1 heterocycles. The first-order chi connectivity index (χ1) is 11.0. The summed E-state index contributed by atoms with van der Waals surface area (Å²) in [6.45, 7) is 6.04. The van der Waals surface area contributed by atoms with Crippen LogP contribution in [0.5, 0.6) is 0 Å². The van der Waals surface area contributed by atoms with Gasteiger partial charge in [0.25, 0.3) is 10.1 Å². The summed E-state index contributed by atoms with van der Waals surface area (Å²) in [6, 6.07) is -0.390. The molecule has 0 aromatic carbocycles.